The molecule has 0 saturated carbocycles. The van der Waals surface area contributed by atoms with Gasteiger partial charge in [0.05, 0.1) is 15.1 Å². The lowest BCUT2D eigenvalue weighted by molar-refractivity contribution is 0.0981. The number of thiophene rings is 1. The molecule has 2 heterocycles. The maximum absolute atomic E-state index is 12.1. The number of aryl methyl sites for hydroxylation is 1. The number of para-hydroxylation sites is 1. The van der Waals surface area contributed by atoms with Gasteiger partial charge < -0.3 is 5.32 Å². The molecule has 0 fully saturated rings. The molecule has 2 aromatic heterocycles. The van der Waals surface area contributed by atoms with Crippen LogP contribution in [0.25, 0.3) is 20.8 Å². The van der Waals surface area contributed by atoms with Gasteiger partial charge in [0.1, 0.15) is 5.01 Å². The van der Waals surface area contributed by atoms with E-state index in [-0.39, 0.29) is 11.0 Å². The number of aromatic nitrogens is 1. The molecule has 0 saturated heterocycles. The summed E-state index contributed by atoms with van der Waals surface area (Å²) in [5.74, 6) is -0.203. The van der Waals surface area contributed by atoms with Gasteiger partial charge in [-0.2, -0.15) is 0 Å². The van der Waals surface area contributed by atoms with Crippen LogP contribution in [0.15, 0.2) is 60.0 Å². The average Bonchev–Trinajstić information content (AvgIpc) is 3.33. The van der Waals surface area contributed by atoms with E-state index >= 15 is 0 Å². The first-order valence-corrected chi connectivity index (χ1v) is 10.3. The van der Waals surface area contributed by atoms with Gasteiger partial charge in [0, 0.05) is 11.3 Å². The lowest BCUT2D eigenvalue weighted by Crippen LogP contribution is -2.33. The summed E-state index contributed by atoms with van der Waals surface area (Å²) < 4.78 is 1.17. The molecule has 0 aliphatic rings. The van der Waals surface area contributed by atoms with Crippen LogP contribution in [-0.2, 0) is 0 Å². The van der Waals surface area contributed by atoms with Crippen LogP contribution in [-0.4, -0.2) is 16.0 Å². The van der Waals surface area contributed by atoms with Crippen LogP contribution in [0.2, 0.25) is 0 Å². The smallest absolute Gasteiger partial charge is 0.267 e. The van der Waals surface area contributed by atoms with E-state index in [1.807, 2.05) is 48.7 Å². The van der Waals surface area contributed by atoms with Crippen LogP contribution in [0.5, 0.6) is 0 Å². The number of nitrogens with zero attached hydrogens (tertiary/aromatic N) is 1. The van der Waals surface area contributed by atoms with E-state index in [1.54, 1.807) is 17.4 Å². The van der Waals surface area contributed by atoms with Crippen LogP contribution < -0.4 is 10.6 Å². The SMILES string of the molecule is Cc1cc(-c2nc3ccccc3s2)ccc1NC(=S)NC(=O)c1cccs1. The molecule has 0 atom stereocenters. The number of thiocarbonyl (C=S) groups is 1. The van der Waals surface area contributed by atoms with Gasteiger partial charge in [0.25, 0.3) is 5.91 Å². The molecule has 0 radical (unpaired) electrons. The summed E-state index contributed by atoms with van der Waals surface area (Å²) in [6.07, 6.45) is 0. The zero-order valence-electron chi connectivity index (χ0n) is 14.4. The van der Waals surface area contributed by atoms with Crippen molar-refractivity contribution in [3.8, 4) is 10.6 Å². The Hall–Kier alpha value is -2.61. The predicted molar refractivity (Wildman–Crippen MR) is 118 cm³/mol. The molecule has 27 heavy (non-hydrogen) atoms. The number of carbonyl (C=O) groups is 1. The van der Waals surface area contributed by atoms with Crippen molar-refractivity contribution in [2.24, 2.45) is 0 Å². The number of thiazole rings is 1. The van der Waals surface area contributed by atoms with Gasteiger partial charge in [-0.15, -0.1) is 22.7 Å². The maximum atomic E-state index is 12.1. The first kappa shape index (κ1) is 17.8. The fraction of sp³-hybridized carbons (Fsp3) is 0.0500. The van der Waals surface area contributed by atoms with E-state index in [4.69, 9.17) is 17.2 Å². The van der Waals surface area contributed by atoms with E-state index in [1.165, 1.54) is 16.0 Å². The molecular weight excluding hydrogens is 394 g/mol. The molecule has 7 heteroatoms. The maximum Gasteiger partial charge on any atom is 0.267 e. The topological polar surface area (TPSA) is 54.0 Å². The number of rotatable bonds is 3. The quantitative estimate of drug-likeness (QED) is 0.441. The average molecular weight is 410 g/mol. The van der Waals surface area contributed by atoms with Gasteiger partial charge in [-0.05, 0) is 66.5 Å². The van der Waals surface area contributed by atoms with E-state index in [2.05, 4.69) is 22.8 Å². The van der Waals surface area contributed by atoms with Crippen molar-refractivity contribution in [2.75, 3.05) is 5.32 Å². The monoisotopic (exact) mass is 409 g/mol. The molecular formula is C20H15N3OS3. The summed E-state index contributed by atoms with van der Waals surface area (Å²) in [4.78, 5) is 17.4. The minimum atomic E-state index is -0.203. The highest BCUT2D eigenvalue weighted by Crippen LogP contribution is 2.31. The second-order valence-corrected chi connectivity index (χ2v) is 8.29. The van der Waals surface area contributed by atoms with Gasteiger partial charge in [0.2, 0.25) is 0 Å². The summed E-state index contributed by atoms with van der Waals surface area (Å²) in [7, 11) is 0. The third-order valence-electron chi connectivity index (χ3n) is 3.99. The Morgan fingerprint density at radius 3 is 2.70 bits per heavy atom. The second-order valence-electron chi connectivity index (χ2n) is 5.90. The predicted octanol–water partition coefficient (Wildman–Crippen LogP) is 5.46. The Morgan fingerprint density at radius 1 is 1.11 bits per heavy atom. The number of hydrogen-bond donors (Lipinski definition) is 2. The van der Waals surface area contributed by atoms with Crippen LogP contribution in [0, 0.1) is 6.92 Å². The van der Waals surface area contributed by atoms with Gasteiger partial charge >= 0.3 is 0 Å². The number of carbonyl (C=O) groups excluding carboxylic acids is 1. The minimum absolute atomic E-state index is 0.203. The number of amides is 1. The van der Waals surface area contributed by atoms with Crippen molar-refractivity contribution in [3.05, 3.63) is 70.4 Å². The van der Waals surface area contributed by atoms with E-state index in [0.29, 0.717) is 4.88 Å². The molecule has 4 aromatic rings. The van der Waals surface area contributed by atoms with Crippen LogP contribution in [0.4, 0.5) is 5.69 Å². The Bertz CT molecular complexity index is 1100. The molecule has 1 amide bonds. The van der Waals surface area contributed by atoms with Gasteiger partial charge in [-0.3, -0.25) is 10.1 Å². The van der Waals surface area contributed by atoms with E-state index < -0.39 is 0 Å². The van der Waals surface area contributed by atoms with Crippen molar-refractivity contribution in [1.29, 1.82) is 0 Å². The van der Waals surface area contributed by atoms with Crippen molar-refractivity contribution in [2.45, 2.75) is 6.92 Å². The Labute approximate surface area is 169 Å². The first-order valence-electron chi connectivity index (χ1n) is 8.22. The standard InChI is InChI=1S/C20H15N3OS3/c1-12-11-13(19-21-15-5-2-3-6-16(15)27-19)8-9-14(12)22-20(25)23-18(24)17-7-4-10-26-17/h2-11H,1H3,(H2,22,23,24,25). The lowest BCUT2D eigenvalue weighted by atomic mass is 10.1. The van der Waals surface area contributed by atoms with Crippen LogP contribution >= 0.6 is 34.9 Å². The summed E-state index contributed by atoms with van der Waals surface area (Å²) in [6.45, 7) is 2.00. The number of fused-ring (bicyclic) bond motifs is 1. The van der Waals surface area contributed by atoms with E-state index in [0.717, 1.165) is 27.3 Å². The van der Waals surface area contributed by atoms with E-state index in [9.17, 15) is 4.79 Å². The highest BCUT2D eigenvalue weighted by Gasteiger charge is 2.11. The zero-order chi connectivity index (χ0) is 18.8. The highest BCUT2D eigenvalue weighted by molar-refractivity contribution is 7.80. The minimum Gasteiger partial charge on any atom is -0.332 e. The van der Waals surface area contributed by atoms with Crippen molar-refractivity contribution in [1.82, 2.24) is 10.3 Å². The van der Waals surface area contributed by atoms with Gasteiger partial charge in [-0.25, -0.2) is 4.98 Å². The second kappa shape index (κ2) is 7.56. The molecule has 0 aliphatic heterocycles. The molecule has 0 aliphatic carbocycles. The first-order chi connectivity index (χ1) is 13.1. The number of benzene rings is 2. The summed E-state index contributed by atoms with van der Waals surface area (Å²) in [5, 5.41) is 8.92. The third kappa shape index (κ3) is 3.90. The van der Waals surface area contributed by atoms with Crippen molar-refractivity contribution in [3.63, 3.8) is 0 Å². The van der Waals surface area contributed by atoms with Gasteiger partial charge in [0.15, 0.2) is 5.11 Å². The number of nitrogens with one attached hydrogen (secondary N) is 2. The molecule has 4 rings (SSSR count). The number of anilines is 1. The molecule has 2 aromatic carbocycles. The van der Waals surface area contributed by atoms with Crippen LogP contribution in [0.1, 0.15) is 15.2 Å². The molecule has 0 unspecified atom stereocenters. The highest BCUT2D eigenvalue weighted by atomic mass is 32.1. The van der Waals surface area contributed by atoms with Crippen LogP contribution in [0.3, 0.4) is 0 Å². The summed E-state index contributed by atoms with van der Waals surface area (Å²) in [6, 6.07) is 17.8. The Kier molecular flexibility index (Phi) is 4.98. The van der Waals surface area contributed by atoms with Crippen molar-refractivity contribution < 1.29 is 4.79 Å². The fourth-order valence-electron chi connectivity index (χ4n) is 2.66. The molecule has 2 N–H and O–H groups in total. The third-order valence-corrected chi connectivity index (χ3v) is 6.15. The van der Waals surface area contributed by atoms with Gasteiger partial charge in [-0.1, -0.05) is 18.2 Å². The molecule has 0 bridgehead atoms. The number of hydrogen-bond acceptors (Lipinski definition) is 5. The summed E-state index contributed by atoms with van der Waals surface area (Å²) in [5.41, 5.74) is 3.96. The normalized spacial score (nSPS) is 10.7. The fourth-order valence-corrected chi connectivity index (χ4v) is 4.44. The Balaban J connectivity index is 1.50. The summed E-state index contributed by atoms with van der Waals surface area (Å²) >= 11 is 8.32. The Morgan fingerprint density at radius 2 is 1.96 bits per heavy atom. The lowest BCUT2D eigenvalue weighted by Gasteiger charge is -2.12. The largest absolute Gasteiger partial charge is 0.332 e. The zero-order valence-corrected chi connectivity index (χ0v) is 16.8. The molecule has 0 spiro atoms. The van der Waals surface area contributed by atoms with Crippen molar-refractivity contribution >= 4 is 61.8 Å². The molecule has 134 valence electrons. The molecule has 4 nitrogen and oxygen atoms in total.